The number of rotatable bonds is 14. The summed E-state index contributed by atoms with van der Waals surface area (Å²) in [6.07, 6.45) is 12.6. The summed E-state index contributed by atoms with van der Waals surface area (Å²) in [7, 11) is 0. The first-order valence-corrected chi connectivity index (χ1v) is 11.5. The first kappa shape index (κ1) is 25.0. The fourth-order valence-corrected chi connectivity index (χ4v) is 4.54. The Morgan fingerprint density at radius 2 is 1.28 bits per heavy atom. The molecule has 0 nitrogen and oxygen atoms in total. The minimum absolute atomic E-state index is 0.416. The van der Waals surface area contributed by atoms with E-state index in [4.69, 9.17) is 0 Å². The van der Waals surface area contributed by atoms with Crippen molar-refractivity contribution in [3.8, 4) is 0 Å². The van der Waals surface area contributed by atoms with Crippen molar-refractivity contribution >= 4 is 0 Å². The molecule has 0 aromatic carbocycles. The fraction of sp³-hybridized carbons (Fsp3) is 1.00. The first-order valence-electron chi connectivity index (χ1n) is 11.5. The third kappa shape index (κ3) is 8.49. The van der Waals surface area contributed by atoms with Gasteiger partial charge in [-0.05, 0) is 47.3 Å². The smallest absolute Gasteiger partial charge is 0.0251 e. The van der Waals surface area contributed by atoms with Gasteiger partial charge in [0.25, 0.3) is 0 Å². The monoisotopic (exact) mass is 352 g/mol. The van der Waals surface area contributed by atoms with E-state index in [9.17, 15) is 0 Å². The molecule has 0 aromatic heterocycles. The van der Waals surface area contributed by atoms with Crippen LogP contribution < -0.4 is 0 Å². The molecule has 0 rings (SSSR count). The fourth-order valence-electron chi connectivity index (χ4n) is 4.54. The third-order valence-electron chi connectivity index (χ3n) is 7.73. The summed E-state index contributed by atoms with van der Waals surface area (Å²) in [6, 6.07) is 0. The zero-order chi connectivity index (χ0) is 19.7. The van der Waals surface area contributed by atoms with Gasteiger partial charge >= 0.3 is 0 Å². The van der Waals surface area contributed by atoms with Crippen LogP contribution in [-0.4, -0.2) is 0 Å². The number of hydrogen-bond donors (Lipinski definition) is 0. The lowest BCUT2D eigenvalue weighted by Crippen LogP contribution is -2.41. The van der Waals surface area contributed by atoms with E-state index in [0.717, 1.165) is 23.7 Å². The lowest BCUT2D eigenvalue weighted by molar-refractivity contribution is 0.0000570. The number of hydrogen-bond acceptors (Lipinski definition) is 0. The van der Waals surface area contributed by atoms with Gasteiger partial charge in [-0.25, -0.2) is 0 Å². The third-order valence-corrected chi connectivity index (χ3v) is 7.73. The zero-order valence-corrected chi connectivity index (χ0v) is 19.7. The minimum Gasteiger partial charge on any atom is -0.0654 e. The molecule has 0 amide bonds. The molecule has 0 aliphatic carbocycles. The highest BCUT2D eigenvalue weighted by Crippen LogP contribution is 2.52. The van der Waals surface area contributed by atoms with Gasteiger partial charge in [0.15, 0.2) is 0 Å². The highest BCUT2D eigenvalue weighted by molar-refractivity contribution is 4.92. The summed E-state index contributed by atoms with van der Waals surface area (Å²) in [6.45, 7) is 24.5. The normalized spacial score (nSPS) is 17.8. The van der Waals surface area contributed by atoms with E-state index in [0.29, 0.717) is 10.8 Å². The molecule has 0 saturated carbocycles. The van der Waals surface area contributed by atoms with Crippen LogP contribution in [0.3, 0.4) is 0 Å². The molecule has 0 aromatic rings. The largest absolute Gasteiger partial charge is 0.0654 e. The van der Waals surface area contributed by atoms with Crippen molar-refractivity contribution < 1.29 is 0 Å². The van der Waals surface area contributed by atoms with E-state index in [1.807, 2.05) is 0 Å². The van der Waals surface area contributed by atoms with Crippen molar-refractivity contribution in [1.29, 1.82) is 0 Å². The van der Waals surface area contributed by atoms with E-state index in [1.165, 1.54) is 57.8 Å². The maximum absolute atomic E-state index is 2.58. The molecular formula is C25H52. The van der Waals surface area contributed by atoms with Crippen LogP contribution in [-0.2, 0) is 0 Å². The summed E-state index contributed by atoms with van der Waals surface area (Å²) < 4.78 is 0. The molecule has 25 heavy (non-hydrogen) atoms. The molecule has 0 bridgehead atoms. The van der Waals surface area contributed by atoms with Crippen LogP contribution in [0.2, 0.25) is 0 Å². The second kappa shape index (κ2) is 11.7. The summed E-state index contributed by atoms with van der Waals surface area (Å²) in [5.41, 5.74) is 0.864. The summed E-state index contributed by atoms with van der Waals surface area (Å²) in [4.78, 5) is 0. The second-order valence-electron chi connectivity index (χ2n) is 10.7. The minimum atomic E-state index is 0.416. The van der Waals surface area contributed by atoms with E-state index in [2.05, 4.69) is 69.2 Å². The standard InChI is InChI=1S/C25H52/c1-11-12-16-22(6)17-14-13-15-18-25(10,21(4)5)24(8,9)19-23(7)20(2)3/h20-23H,11-19H2,1-10H3. The molecule has 152 valence electrons. The molecule has 0 spiro atoms. The first-order chi connectivity index (χ1) is 11.5. The zero-order valence-electron chi connectivity index (χ0n) is 19.7. The van der Waals surface area contributed by atoms with Gasteiger partial charge in [0.05, 0.1) is 0 Å². The lowest BCUT2D eigenvalue weighted by atomic mass is 9.55. The highest BCUT2D eigenvalue weighted by atomic mass is 14.5. The summed E-state index contributed by atoms with van der Waals surface area (Å²) >= 11 is 0. The van der Waals surface area contributed by atoms with Crippen LogP contribution in [0, 0.1) is 34.5 Å². The Labute approximate surface area is 161 Å². The van der Waals surface area contributed by atoms with Crippen LogP contribution in [0.1, 0.15) is 127 Å². The Kier molecular flexibility index (Phi) is 11.7. The quantitative estimate of drug-likeness (QED) is 0.273. The van der Waals surface area contributed by atoms with Gasteiger partial charge in [0, 0.05) is 0 Å². The molecule has 0 saturated heterocycles. The molecule has 0 radical (unpaired) electrons. The van der Waals surface area contributed by atoms with Gasteiger partial charge in [-0.2, -0.15) is 0 Å². The molecule has 0 aliphatic heterocycles. The van der Waals surface area contributed by atoms with Crippen molar-refractivity contribution in [3.63, 3.8) is 0 Å². The van der Waals surface area contributed by atoms with E-state index in [1.54, 1.807) is 0 Å². The topological polar surface area (TPSA) is 0 Å². The average molecular weight is 353 g/mol. The molecule has 0 N–H and O–H groups in total. The van der Waals surface area contributed by atoms with Crippen molar-refractivity contribution in [2.45, 2.75) is 127 Å². The molecule has 3 unspecified atom stereocenters. The lowest BCUT2D eigenvalue weighted by Gasteiger charge is -2.49. The molecule has 3 atom stereocenters. The van der Waals surface area contributed by atoms with E-state index >= 15 is 0 Å². The molecule has 0 aliphatic rings. The van der Waals surface area contributed by atoms with E-state index < -0.39 is 0 Å². The van der Waals surface area contributed by atoms with Gasteiger partial charge in [0.1, 0.15) is 0 Å². The molecular weight excluding hydrogens is 300 g/mol. The molecule has 0 fully saturated rings. The van der Waals surface area contributed by atoms with Gasteiger partial charge < -0.3 is 0 Å². The van der Waals surface area contributed by atoms with Crippen LogP contribution in [0.15, 0.2) is 0 Å². The Hall–Kier alpha value is 0. The van der Waals surface area contributed by atoms with Crippen molar-refractivity contribution in [1.82, 2.24) is 0 Å². The summed E-state index contributed by atoms with van der Waals surface area (Å²) in [5, 5.41) is 0. The van der Waals surface area contributed by atoms with Crippen molar-refractivity contribution in [2.75, 3.05) is 0 Å². The average Bonchev–Trinajstić information content (AvgIpc) is 2.51. The van der Waals surface area contributed by atoms with Gasteiger partial charge in [-0.15, -0.1) is 0 Å². The summed E-state index contributed by atoms with van der Waals surface area (Å²) in [5.74, 6) is 3.29. The van der Waals surface area contributed by atoms with Gasteiger partial charge in [-0.3, -0.25) is 0 Å². The number of unbranched alkanes of at least 4 members (excludes halogenated alkanes) is 3. The predicted molar refractivity (Wildman–Crippen MR) is 117 cm³/mol. The molecule has 0 heterocycles. The predicted octanol–water partition coefficient (Wildman–Crippen LogP) is 9.13. The Balaban J connectivity index is 4.52. The Bertz CT molecular complexity index is 325. The maximum Gasteiger partial charge on any atom is -0.0251 e. The SMILES string of the molecule is CCCCC(C)CCCCCC(C)(C(C)C)C(C)(C)CC(C)C(C)C. The van der Waals surface area contributed by atoms with Gasteiger partial charge in [-0.1, -0.05) is 114 Å². The van der Waals surface area contributed by atoms with Crippen LogP contribution in [0.25, 0.3) is 0 Å². The Morgan fingerprint density at radius 3 is 1.76 bits per heavy atom. The van der Waals surface area contributed by atoms with Gasteiger partial charge in [0.2, 0.25) is 0 Å². The molecule has 0 heteroatoms. The Morgan fingerprint density at radius 1 is 0.720 bits per heavy atom. The van der Waals surface area contributed by atoms with Crippen LogP contribution in [0.4, 0.5) is 0 Å². The second-order valence-corrected chi connectivity index (χ2v) is 10.7. The highest BCUT2D eigenvalue weighted by Gasteiger charge is 2.43. The van der Waals surface area contributed by atoms with Crippen molar-refractivity contribution in [3.05, 3.63) is 0 Å². The van der Waals surface area contributed by atoms with Crippen LogP contribution >= 0.6 is 0 Å². The van der Waals surface area contributed by atoms with Crippen molar-refractivity contribution in [2.24, 2.45) is 34.5 Å². The van der Waals surface area contributed by atoms with Crippen LogP contribution in [0.5, 0.6) is 0 Å². The van der Waals surface area contributed by atoms with E-state index in [-0.39, 0.29) is 0 Å². The maximum atomic E-state index is 2.58.